The topological polar surface area (TPSA) is 101 Å². The average molecular weight is 481 g/mol. The van der Waals surface area contributed by atoms with Crippen LogP contribution in [-0.2, 0) is 27.2 Å². The number of hydrogen-bond acceptors (Lipinski definition) is 8. The van der Waals surface area contributed by atoms with Crippen LogP contribution < -0.4 is 15.5 Å². The highest BCUT2D eigenvalue weighted by molar-refractivity contribution is 5.89. The molecule has 1 aromatic heterocycles. The number of aromatic nitrogens is 2. The predicted octanol–water partition coefficient (Wildman–Crippen LogP) is 1.65. The van der Waals surface area contributed by atoms with E-state index in [1.807, 2.05) is 24.3 Å². The van der Waals surface area contributed by atoms with Crippen LogP contribution in [0, 0.1) is 0 Å². The lowest BCUT2D eigenvalue weighted by Crippen LogP contribution is -2.51. The quantitative estimate of drug-likeness (QED) is 0.666. The molecule has 10 heteroatoms. The number of anilines is 2. The van der Waals surface area contributed by atoms with Gasteiger partial charge in [0.25, 0.3) is 0 Å². The summed E-state index contributed by atoms with van der Waals surface area (Å²) in [7, 11) is 0. The summed E-state index contributed by atoms with van der Waals surface area (Å²) in [5, 5.41) is 5.77. The second-order valence-corrected chi connectivity index (χ2v) is 9.74. The Labute approximate surface area is 205 Å². The summed E-state index contributed by atoms with van der Waals surface area (Å²) in [6.07, 6.45) is 0.940. The number of nitrogens with one attached hydrogen (secondary N) is 2. The first kappa shape index (κ1) is 22.7. The van der Waals surface area contributed by atoms with Crippen molar-refractivity contribution in [2.24, 2.45) is 0 Å². The van der Waals surface area contributed by atoms with Gasteiger partial charge in [-0.25, -0.2) is 14.8 Å². The van der Waals surface area contributed by atoms with Crippen LogP contribution in [0.2, 0.25) is 0 Å². The zero-order valence-corrected chi connectivity index (χ0v) is 20.0. The van der Waals surface area contributed by atoms with Gasteiger partial charge in [-0.15, -0.1) is 0 Å². The van der Waals surface area contributed by atoms with Crippen LogP contribution in [-0.4, -0.2) is 91.8 Å². The van der Waals surface area contributed by atoms with Gasteiger partial charge in [-0.2, -0.15) is 0 Å². The van der Waals surface area contributed by atoms with Crippen LogP contribution in [0.5, 0.6) is 0 Å². The van der Waals surface area contributed by atoms with Crippen LogP contribution in [0.4, 0.5) is 16.3 Å². The van der Waals surface area contributed by atoms with Crippen molar-refractivity contribution in [2.75, 3.05) is 62.9 Å². The van der Waals surface area contributed by atoms with Gasteiger partial charge >= 0.3 is 6.03 Å². The van der Waals surface area contributed by atoms with Gasteiger partial charge in [0.1, 0.15) is 5.82 Å². The second-order valence-electron chi connectivity index (χ2n) is 9.74. The molecule has 3 fully saturated rings. The standard InChI is InChI=1S/C25H32N6O4/c1-16-11-33-9-8-31(16)24-21-6-7-30(20-14-35-15-20)10-22(21)28-23(29-24)17-2-4-18(5-3-17)26-25(32)27-19-12-34-13-19/h2-5,16,19-20H,6-15H2,1H3,(H2,26,27,32)/t16-/m0/s1. The third kappa shape index (κ3) is 4.71. The first-order chi connectivity index (χ1) is 17.1. The van der Waals surface area contributed by atoms with Crippen molar-refractivity contribution < 1.29 is 19.0 Å². The minimum Gasteiger partial charge on any atom is -0.378 e. The molecule has 4 aliphatic rings. The number of ether oxygens (including phenoxy) is 3. The zero-order chi connectivity index (χ0) is 23.8. The van der Waals surface area contributed by atoms with E-state index < -0.39 is 0 Å². The summed E-state index contributed by atoms with van der Waals surface area (Å²) in [6.45, 7) is 8.99. The third-order valence-electron chi connectivity index (χ3n) is 7.22. The molecule has 186 valence electrons. The molecule has 0 aliphatic carbocycles. The molecule has 5 heterocycles. The molecule has 2 N–H and O–H groups in total. The molecule has 3 saturated heterocycles. The number of fused-ring (bicyclic) bond motifs is 1. The summed E-state index contributed by atoms with van der Waals surface area (Å²) in [6, 6.07) is 8.33. The molecule has 0 spiro atoms. The van der Waals surface area contributed by atoms with Crippen molar-refractivity contribution in [3.8, 4) is 11.4 Å². The van der Waals surface area contributed by atoms with Gasteiger partial charge in [-0.05, 0) is 37.6 Å². The Morgan fingerprint density at radius 2 is 1.80 bits per heavy atom. The van der Waals surface area contributed by atoms with E-state index in [2.05, 4.69) is 27.4 Å². The molecule has 2 aromatic rings. The van der Waals surface area contributed by atoms with Crippen LogP contribution in [0.1, 0.15) is 18.2 Å². The van der Waals surface area contributed by atoms with Crippen LogP contribution >= 0.6 is 0 Å². The molecule has 35 heavy (non-hydrogen) atoms. The smallest absolute Gasteiger partial charge is 0.319 e. The van der Waals surface area contributed by atoms with Gasteiger partial charge in [0.15, 0.2) is 5.82 Å². The number of hydrogen-bond donors (Lipinski definition) is 2. The summed E-state index contributed by atoms with van der Waals surface area (Å²) in [5.41, 5.74) is 4.01. The summed E-state index contributed by atoms with van der Waals surface area (Å²) >= 11 is 0. The summed E-state index contributed by atoms with van der Waals surface area (Å²) in [5.74, 6) is 1.75. The van der Waals surface area contributed by atoms with Gasteiger partial charge < -0.3 is 29.7 Å². The molecule has 0 saturated carbocycles. The first-order valence-electron chi connectivity index (χ1n) is 12.5. The van der Waals surface area contributed by atoms with Crippen molar-refractivity contribution in [3.63, 3.8) is 0 Å². The molecule has 1 aromatic carbocycles. The van der Waals surface area contributed by atoms with Crippen molar-refractivity contribution in [2.45, 2.75) is 38.0 Å². The number of amides is 2. The predicted molar refractivity (Wildman–Crippen MR) is 131 cm³/mol. The largest absolute Gasteiger partial charge is 0.378 e. The lowest BCUT2D eigenvalue weighted by Gasteiger charge is -2.41. The molecule has 2 amide bonds. The van der Waals surface area contributed by atoms with Crippen LogP contribution in [0.3, 0.4) is 0 Å². The van der Waals surface area contributed by atoms with E-state index in [4.69, 9.17) is 24.2 Å². The number of rotatable bonds is 5. The lowest BCUT2D eigenvalue weighted by atomic mass is 10.0. The van der Waals surface area contributed by atoms with E-state index in [0.717, 1.165) is 62.0 Å². The number of urea groups is 1. The van der Waals surface area contributed by atoms with Crippen LogP contribution in [0.15, 0.2) is 24.3 Å². The van der Waals surface area contributed by atoms with Gasteiger partial charge in [0.2, 0.25) is 0 Å². The van der Waals surface area contributed by atoms with E-state index in [0.29, 0.717) is 38.3 Å². The van der Waals surface area contributed by atoms with Crippen molar-refractivity contribution in [1.82, 2.24) is 20.2 Å². The Hall–Kier alpha value is -2.79. The molecule has 0 bridgehead atoms. The maximum Gasteiger partial charge on any atom is 0.319 e. The lowest BCUT2D eigenvalue weighted by molar-refractivity contribution is -0.0699. The van der Waals surface area contributed by atoms with Gasteiger partial charge in [0, 0.05) is 36.4 Å². The van der Waals surface area contributed by atoms with Crippen molar-refractivity contribution >= 4 is 17.5 Å². The highest BCUT2D eigenvalue weighted by atomic mass is 16.5. The number of carbonyl (C=O) groups is 1. The van der Waals surface area contributed by atoms with Crippen molar-refractivity contribution in [1.29, 1.82) is 0 Å². The summed E-state index contributed by atoms with van der Waals surface area (Å²) < 4.78 is 16.2. The van der Waals surface area contributed by atoms with E-state index in [1.54, 1.807) is 0 Å². The molecule has 4 aliphatic heterocycles. The Morgan fingerprint density at radius 3 is 2.49 bits per heavy atom. The van der Waals surface area contributed by atoms with E-state index in [1.165, 1.54) is 5.56 Å². The SMILES string of the molecule is C[C@H]1COCCN1c1nc(-c2ccc(NC(=O)NC3COC3)cc2)nc2c1CCN(C1COC1)C2. The first-order valence-corrected chi connectivity index (χ1v) is 12.5. The van der Waals surface area contributed by atoms with Crippen LogP contribution in [0.25, 0.3) is 11.4 Å². The Bertz CT molecular complexity index is 1070. The van der Waals surface area contributed by atoms with E-state index in [9.17, 15) is 4.79 Å². The fourth-order valence-corrected chi connectivity index (χ4v) is 4.96. The Kier molecular flexibility index (Phi) is 6.28. The minimum absolute atomic E-state index is 0.0882. The molecule has 0 unspecified atom stereocenters. The summed E-state index contributed by atoms with van der Waals surface area (Å²) in [4.78, 5) is 27.1. The van der Waals surface area contributed by atoms with Gasteiger partial charge in [-0.3, -0.25) is 4.90 Å². The normalized spacial score (nSPS) is 23.2. The molecular weight excluding hydrogens is 448 g/mol. The fraction of sp³-hybridized carbons (Fsp3) is 0.560. The highest BCUT2D eigenvalue weighted by Crippen LogP contribution is 2.32. The van der Waals surface area contributed by atoms with Gasteiger partial charge in [0.05, 0.1) is 63.5 Å². The average Bonchev–Trinajstić information content (AvgIpc) is 2.80. The number of nitrogens with zero attached hydrogens (tertiary/aromatic N) is 4. The second kappa shape index (κ2) is 9.69. The van der Waals surface area contributed by atoms with Crippen molar-refractivity contribution in [3.05, 3.63) is 35.5 Å². The molecule has 10 nitrogen and oxygen atoms in total. The molecule has 1 atom stereocenters. The number of carbonyl (C=O) groups excluding carboxylic acids is 1. The van der Waals surface area contributed by atoms with E-state index >= 15 is 0 Å². The fourth-order valence-electron chi connectivity index (χ4n) is 4.96. The third-order valence-corrected chi connectivity index (χ3v) is 7.22. The number of morpholine rings is 1. The minimum atomic E-state index is -0.222. The van der Waals surface area contributed by atoms with E-state index in [-0.39, 0.29) is 18.1 Å². The number of benzene rings is 1. The Balaban J connectivity index is 1.27. The molecular formula is C25H32N6O4. The highest BCUT2D eigenvalue weighted by Gasteiger charge is 2.33. The maximum absolute atomic E-state index is 12.2. The monoisotopic (exact) mass is 480 g/mol. The zero-order valence-electron chi connectivity index (χ0n) is 20.0. The molecule has 0 radical (unpaired) electrons. The van der Waals surface area contributed by atoms with Gasteiger partial charge in [-0.1, -0.05) is 0 Å². The Morgan fingerprint density at radius 1 is 1.00 bits per heavy atom. The molecule has 6 rings (SSSR count). The maximum atomic E-state index is 12.2.